The molecule has 0 saturated carbocycles. The van der Waals surface area contributed by atoms with Crippen LogP contribution in [0, 0.1) is 13.8 Å². The number of halogens is 1. The van der Waals surface area contributed by atoms with Crippen LogP contribution in [0.25, 0.3) is 17.4 Å². The van der Waals surface area contributed by atoms with Crippen molar-refractivity contribution in [2.75, 3.05) is 5.32 Å². The standard InChI is InChI=1S/C31H24ClN3O4S/c1-17-7-4-5-10-23(17)34-29(36)27-19(3)33-31-35(28(27)25-13-11-18(2)38-25)30(37)26(40-31)16-22-12-14-24(39-22)20-8-6-9-21(32)15-20/h4-16,28H,1-3H3,(H,34,36)/b26-16+/t28-/m1/s1. The number of furan rings is 2. The summed E-state index contributed by atoms with van der Waals surface area (Å²) >= 11 is 7.37. The lowest BCUT2D eigenvalue weighted by Crippen LogP contribution is -2.40. The lowest BCUT2D eigenvalue weighted by atomic mass is 10.00. The number of aromatic nitrogens is 1. The smallest absolute Gasteiger partial charge is 0.271 e. The summed E-state index contributed by atoms with van der Waals surface area (Å²) in [5.41, 5.74) is 3.01. The molecule has 40 heavy (non-hydrogen) atoms. The van der Waals surface area contributed by atoms with Crippen molar-refractivity contribution < 1.29 is 13.6 Å². The number of fused-ring (bicyclic) bond motifs is 1. The number of anilines is 1. The SMILES string of the molecule is CC1=C(C(=O)Nc2ccccc2C)[C@@H](c2ccc(C)o2)n2c(s/c(=C/c3ccc(-c4cccc(Cl)c4)o3)c2=O)=N1. The predicted octanol–water partition coefficient (Wildman–Crippen LogP) is 6.00. The molecule has 0 unspecified atom stereocenters. The van der Waals surface area contributed by atoms with E-state index in [-0.39, 0.29) is 11.5 Å². The van der Waals surface area contributed by atoms with E-state index in [0.717, 1.165) is 11.1 Å². The van der Waals surface area contributed by atoms with E-state index < -0.39 is 6.04 Å². The van der Waals surface area contributed by atoms with Crippen molar-refractivity contribution in [2.45, 2.75) is 26.8 Å². The maximum atomic E-state index is 13.8. The van der Waals surface area contributed by atoms with E-state index in [0.29, 0.717) is 54.4 Å². The summed E-state index contributed by atoms with van der Waals surface area (Å²) in [6, 6.07) is 21.4. The molecule has 1 aliphatic heterocycles. The number of thiazole rings is 1. The molecule has 1 N–H and O–H groups in total. The number of rotatable bonds is 5. The topological polar surface area (TPSA) is 89.7 Å². The second-order valence-electron chi connectivity index (χ2n) is 9.51. The zero-order valence-corrected chi connectivity index (χ0v) is 23.5. The van der Waals surface area contributed by atoms with E-state index in [4.69, 9.17) is 20.4 Å². The van der Waals surface area contributed by atoms with Gasteiger partial charge in [-0.25, -0.2) is 4.99 Å². The van der Waals surface area contributed by atoms with Gasteiger partial charge in [0.25, 0.3) is 11.5 Å². The Labute approximate surface area is 238 Å². The Bertz CT molecular complexity index is 1990. The molecule has 7 nitrogen and oxygen atoms in total. The summed E-state index contributed by atoms with van der Waals surface area (Å²) in [5, 5.41) is 3.60. The number of nitrogens with zero attached hydrogens (tertiary/aromatic N) is 2. The number of amides is 1. The molecule has 0 fully saturated rings. The van der Waals surface area contributed by atoms with Crippen molar-refractivity contribution >= 4 is 40.6 Å². The van der Waals surface area contributed by atoms with Gasteiger partial charge in [-0.1, -0.05) is 53.3 Å². The normalized spacial score (nSPS) is 15.2. The molecule has 4 heterocycles. The summed E-state index contributed by atoms with van der Waals surface area (Å²) in [4.78, 5) is 32.7. The fourth-order valence-corrected chi connectivity index (χ4v) is 5.96. The van der Waals surface area contributed by atoms with Crippen molar-refractivity contribution in [1.82, 2.24) is 4.57 Å². The minimum absolute atomic E-state index is 0.294. The maximum Gasteiger partial charge on any atom is 0.271 e. The van der Waals surface area contributed by atoms with Gasteiger partial charge >= 0.3 is 0 Å². The van der Waals surface area contributed by atoms with Crippen LogP contribution in [0.2, 0.25) is 5.02 Å². The Morgan fingerprint density at radius 2 is 1.85 bits per heavy atom. The molecular formula is C31H24ClN3O4S. The molecule has 9 heteroatoms. The van der Waals surface area contributed by atoms with E-state index in [9.17, 15) is 9.59 Å². The number of hydrogen-bond acceptors (Lipinski definition) is 6. The van der Waals surface area contributed by atoms with Crippen LogP contribution in [0.1, 0.15) is 35.8 Å². The predicted molar refractivity (Wildman–Crippen MR) is 156 cm³/mol. The van der Waals surface area contributed by atoms with E-state index in [1.807, 2.05) is 68.4 Å². The van der Waals surface area contributed by atoms with Gasteiger partial charge in [0.05, 0.1) is 15.8 Å². The second kappa shape index (κ2) is 10.3. The molecule has 3 aromatic heterocycles. The highest BCUT2D eigenvalue weighted by atomic mass is 35.5. The van der Waals surface area contributed by atoms with Crippen molar-refractivity contribution in [3.8, 4) is 11.3 Å². The van der Waals surface area contributed by atoms with Crippen molar-refractivity contribution in [2.24, 2.45) is 4.99 Å². The highest BCUT2D eigenvalue weighted by molar-refractivity contribution is 7.07. The fourth-order valence-electron chi connectivity index (χ4n) is 4.74. The Morgan fingerprint density at radius 3 is 2.60 bits per heavy atom. The lowest BCUT2D eigenvalue weighted by molar-refractivity contribution is -0.113. The number of aryl methyl sites for hydroxylation is 2. The second-order valence-corrected chi connectivity index (χ2v) is 11.0. The van der Waals surface area contributed by atoms with Crippen LogP contribution in [-0.4, -0.2) is 10.5 Å². The first-order chi connectivity index (χ1) is 19.3. The number of carbonyl (C=O) groups is 1. The zero-order valence-electron chi connectivity index (χ0n) is 21.9. The average molecular weight is 570 g/mol. The fraction of sp³-hybridized carbons (Fsp3) is 0.129. The lowest BCUT2D eigenvalue weighted by Gasteiger charge is -2.23. The molecule has 1 atom stereocenters. The molecule has 0 radical (unpaired) electrons. The van der Waals surface area contributed by atoms with Gasteiger partial charge in [-0.15, -0.1) is 0 Å². The summed E-state index contributed by atoms with van der Waals surface area (Å²) in [7, 11) is 0. The van der Waals surface area contributed by atoms with E-state index in [1.54, 1.807) is 31.2 Å². The van der Waals surface area contributed by atoms with E-state index in [1.165, 1.54) is 15.9 Å². The summed E-state index contributed by atoms with van der Waals surface area (Å²) in [5.74, 6) is 1.96. The molecular weight excluding hydrogens is 546 g/mol. The molecule has 0 bridgehead atoms. The number of hydrogen-bond donors (Lipinski definition) is 1. The highest BCUT2D eigenvalue weighted by Crippen LogP contribution is 2.32. The third kappa shape index (κ3) is 4.76. The zero-order chi connectivity index (χ0) is 28.0. The number of allylic oxidation sites excluding steroid dienone is 1. The van der Waals surface area contributed by atoms with Gasteiger partial charge in [0, 0.05) is 22.3 Å². The van der Waals surface area contributed by atoms with Crippen LogP contribution in [0.4, 0.5) is 5.69 Å². The molecule has 0 aliphatic carbocycles. The van der Waals surface area contributed by atoms with Gasteiger partial charge in [-0.05, 0) is 68.8 Å². The summed E-state index contributed by atoms with van der Waals surface area (Å²) < 4.78 is 13.9. The van der Waals surface area contributed by atoms with Gasteiger partial charge in [-0.2, -0.15) is 0 Å². The number of nitrogens with one attached hydrogen (secondary N) is 1. The van der Waals surface area contributed by atoms with Gasteiger partial charge in [0.15, 0.2) is 4.80 Å². The minimum Gasteiger partial charge on any atom is -0.464 e. The first-order valence-corrected chi connectivity index (χ1v) is 13.8. The van der Waals surface area contributed by atoms with Crippen molar-refractivity contribution in [3.05, 3.63) is 132 Å². The van der Waals surface area contributed by atoms with Crippen LogP contribution < -0.4 is 20.2 Å². The molecule has 0 spiro atoms. The third-order valence-corrected chi connectivity index (χ3v) is 7.92. The number of para-hydroxylation sites is 1. The van der Waals surface area contributed by atoms with Crippen LogP contribution in [0.15, 0.2) is 103 Å². The maximum absolute atomic E-state index is 13.8. The van der Waals surface area contributed by atoms with Gasteiger partial charge in [0.1, 0.15) is 29.1 Å². The number of benzene rings is 2. The molecule has 6 rings (SSSR count). The third-order valence-electron chi connectivity index (χ3n) is 6.70. The van der Waals surface area contributed by atoms with Crippen LogP contribution in [0.3, 0.4) is 0 Å². The van der Waals surface area contributed by atoms with E-state index >= 15 is 0 Å². The number of carbonyl (C=O) groups excluding carboxylic acids is 1. The molecule has 1 aliphatic rings. The first kappa shape index (κ1) is 25.9. The first-order valence-electron chi connectivity index (χ1n) is 12.6. The monoisotopic (exact) mass is 569 g/mol. The van der Waals surface area contributed by atoms with Crippen LogP contribution in [-0.2, 0) is 4.79 Å². The summed E-state index contributed by atoms with van der Waals surface area (Å²) in [6.07, 6.45) is 1.69. The van der Waals surface area contributed by atoms with Gasteiger partial charge < -0.3 is 14.2 Å². The van der Waals surface area contributed by atoms with Gasteiger partial charge in [0.2, 0.25) is 0 Å². The van der Waals surface area contributed by atoms with Crippen LogP contribution in [0.5, 0.6) is 0 Å². The van der Waals surface area contributed by atoms with Crippen molar-refractivity contribution in [3.63, 3.8) is 0 Å². The Hall–Kier alpha value is -4.40. The van der Waals surface area contributed by atoms with Crippen molar-refractivity contribution in [1.29, 1.82) is 0 Å². The highest BCUT2D eigenvalue weighted by Gasteiger charge is 2.34. The summed E-state index contributed by atoms with van der Waals surface area (Å²) in [6.45, 7) is 5.52. The quantitative estimate of drug-likeness (QED) is 0.281. The largest absolute Gasteiger partial charge is 0.464 e. The Morgan fingerprint density at radius 1 is 1.02 bits per heavy atom. The molecule has 5 aromatic rings. The molecule has 0 saturated heterocycles. The minimum atomic E-state index is -0.783. The average Bonchev–Trinajstić information content (AvgIpc) is 3.64. The Kier molecular flexibility index (Phi) is 6.65. The van der Waals surface area contributed by atoms with Crippen LogP contribution >= 0.6 is 22.9 Å². The molecule has 1 amide bonds. The Balaban J connectivity index is 1.44. The molecule has 200 valence electrons. The van der Waals surface area contributed by atoms with Gasteiger partial charge in [-0.3, -0.25) is 14.2 Å². The van der Waals surface area contributed by atoms with E-state index in [2.05, 4.69) is 10.3 Å². The molecule has 2 aromatic carbocycles.